The fraction of sp³-hybridized carbons (Fsp3) is 0.292. The van der Waals surface area contributed by atoms with Crippen LogP contribution < -0.4 is 14.5 Å². The average molecular weight is 404 g/mol. The molecule has 0 fully saturated rings. The molecule has 0 spiro atoms. The van der Waals surface area contributed by atoms with Crippen LogP contribution in [0.2, 0.25) is 0 Å². The minimum atomic E-state index is 0.890. The lowest BCUT2D eigenvalue weighted by Crippen LogP contribution is -2.31. The van der Waals surface area contributed by atoms with Crippen LogP contribution in [0.25, 0.3) is 0 Å². The van der Waals surface area contributed by atoms with E-state index < -0.39 is 0 Å². The molecule has 0 aliphatic rings. The van der Waals surface area contributed by atoms with Gasteiger partial charge in [-0.1, -0.05) is 41.4 Å². The summed E-state index contributed by atoms with van der Waals surface area (Å²) < 4.78 is 3.80. The third kappa shape index (κ3) is 5.35. The van der Waals surface area contributed by atoms with Crippen LogP contribution in [0, 0.1) is 0 Å². The van der Waals surface area contributed by atoms with Crippen LogP contribution in [0.5, 0.6) is 0 Å². The van der Waals surface area contributed by atoms with Gasteiger partial charge in [-0.15, -0.1) is 9.35 Å². The molecular weight excluding hydrogens is 372 g/mol. The Morgan fingerprint density at radius 2 is 1.37 bits per heavy atom. The zero-order valence-corrected chi connectivity index (χ0v) is 18.5. The second-order valence-electron chi connectivity index (χ2n) is 7.61. The predicted octanol–water partition coefficient (Wildman–Crippen LogP) is 3.62. The molecule has 1 heterocycles. The minimum absolute atomic E-state index is 0.890. The third-order valence-electron chi connectivity index (χ3n) is 4.83. The minimum Gasteiger partial charge on any atom is -0.378 e. The SMILES string of the molecule is CCCc1n(N=Cc2ccc(N(C)C)cc2)cc[n+]1N=Cc1ccc(N(C)C)cc1. The number of nitrogens with zero attached hydrogens (tertiary/aromatic N) is 6. The van der Waals surface area contributed by atoms with Crippen molar-refractivity contribution in [1.29, 1.82) is 0 Å². The van der Waals surface area contributed by atoms with Gasteiger partial charge < -0.3 is 9.80 Å². The molecule has 1 aromatic heterocycles. The Morgan fingerprint density at radius 3 is 1.87 bits per heavy atom. The molecule has 0 amide bonds. The van der Waals surface area contributed by atoms with Gasteiger partial charge in [0.25, 0.3) is 0 Å². The normalized spacial score (nSPS) is 11.5. The second-order valence-corrected chi connectivity index (χ2v) is 7.61. The van der Waals surface area contributed by atoms with Gasteiger partial charge in [0.15, 0.2) is 12.4 Å². The molecule has 30 heavy (non-hydrogen) atoms. The van der Waals surface area contributed by atoms with Gasteiger partial charge in [0.1, 0.15) is 0 Å². The Labute approximate surface area is 179 Å². The molecule has 0 atom stereocenters. The molecule has 0 unspecified atom stereocenters. The van der Waals surface area contributed by atoms with Crippen LogP contribution in [0.4, 0.5) is 11.4 Å². The third-order valence-corrected chi connectivity index (χ3v) is 4.83. The lowest BCUT2D eigenvalue weighted by atomic mass is 10.2. The largest absolute Gasteiger partial charge is 0.378 e. The number of benzene rings is 2. The van der Waals surface area contributed by atoms with E-state index in [0.29, 0.717) is 0 Å². The fourth-order valence-electron chi connectivity index (χ4n) is 3.04. The van der Waals surface area contributed by atoms with Gasteiger partial charge in [-0.2, -0.15) is 0 Å². The second kappa shape index (κ2) is 9.87. The zero-order valence-electron chi connectivity index (χ0n) is 18.5. The smallest absolute Gasteiger partial charge is 0.307 e. The summed E-state index contributed by atoms with van der Waals surface area (Å²) in [7, 11) is 8.15. The molecule has 0 aliphatic carbocycles. The number of imidazole rings is 1. The summed E-state index contributed by atoms with van der Waals surface area (Å²) in [6.07, 6.45) is 9.56. The number of rotatable bonds is 8. The van der Waals surface area contributed by atoms with Gasteiger partial charge in [-0.25, -0.2) is 0 Å². The molecule has 0 saturated carbocycles. The number of hydrogen-bond donors (Lipinski definition) is 0. The molecular formula is C24H31N6+. The Bertz CT molecular complexity index is 916. The van der Waals surface area contributed by atoms with Crippen molar-refractivity contribution >= 4 is 23.8 Å². The highest BCUT2D eigenvalue weighted by Crippen LogP contribution is 2.12. The van der Waals surface area contributed by atoms with Crippen molar-refractivity contribution in [2.75, 3.05) is 38.0 Å². The molecule has 6 heteroatoms. The van der Waals surface area contributed by atoms with Crippen molar-refractivity contribution < 1.29 is 4.68 Å². The molecule has 0 aliphatic heterocycles. The molecule has 0 saturated heterocycles. The van der Waals surface area contributed by atoms with Gasteiger partial charge in [0.05, 0.1) is 18.9 Å². The van der Waals surface area contributed by atoms with E-state index in [1.165, 1.54) is 11.4 Å². The van der Waals surface area contributed by atoms with E-state index in [0.717, 1.165) is 29.8 Å². The molecule has 3 aromatic rings. The monoisotopic (exact) mass is 403 g/mol. The summed E-state index contributed by atoms with van der Waals surface area (Å²) in [4.78, 5) is 4.17. The van der Waals surface area contributed by atoms with Crippen LogP contribution >= 0.6 is 0 Å². The van der Waals surface area contributed by atoms with Crippen molar-refractivity contribution in [2.24, 2.45) is 10.2 Å². The Hall–Kier alpha value is -3.41. The summed E-state index contributed by atoms with van der Waals surface area (Å²) in [5, 5.41) is 9.31. The highest BCUT2D eigenvalue weighted by atomic mass is 15.5. The van der Waals surface area contributed by atoms with E-state index in [9.17, 15) is 0 Å². The molecule has 156 valence electrons. The quantitative estimate of drug-likeness (QED) is 0.426. The highest BCUT2D eigenvalue weighted by molar-refractivity contribution is 5.80. The van der Waals surface area contributed by atoms with E-state index in [-0.39, 0.29) is 0 Å². The molecule has 2 aromatic carbocycles. The van der Waals surface area contributed by atoms with E-state index in [4.69, 9.17) is 0 Å². The van der Waals surface area contributed by atoms with Crippen LogP contribution in [0.1, 0.15) is 30.3 Å². The number of anilines is 2. The Kier molecular flexibility index (Phi) is 7.01. The maximum absolute atomic E-state index is 4.65. The van der Waals surface area contributed by atoms with Crippen molar-refractivity contribution in [3.63, 3.8) is 0 Å². The summed E-state index contributed by atoms with van der Waals surface area (Å²) in [6, 6.07) is 16.7. The first-order chi connectivity index (χ1) is 14.5. The first kappa shape index (κ1) is 21.3. The topological polar surface area (TPSA) is 40.0 Å². The van der Waals surface area contributed by atoms with Gasteiger partial charge in [0, 0.05) is 39.6 Å². The molecule has 0 N–H and O–H groups in total. The van der Waals surface area contributed by atoms with Crippen molar-refractivity contribution in [1.82, 2.24) is 4.68 Å². The molecule has 3 rings (SSSR count). The zero-order chi connectivity index (χ0) is 21.5. The van der Waals surface area contributed by atoms with Crippen LogP contribution in [0.3, 0.4) is 0 Å². The molecule has 0 bridgehead atoms. The fourth-order valence-corrected chi connectivity index (χ4v) is 3.04. The standard InChI is InChI=1S/C24H31N6/c1-6-7-24-29(25-18-20-8-12-22(13-9-20)27(2)3)16-17-30(24)26-19-21-10-14-23(15-11-21)28(4)5/h8-19H,6-7H2,1-5H3/q+1. The lowest BCUT2D eigenvalue weighted by Gasteiger charge is -2.11. The van der Waals surface area contributed by atoms with Crippen LogP contribution in [-0.2, 0) is 6.42 Å². The average Bonchev–Trinajstić information content (AvgIpc) is 3.13. The first-order valence-electron chi connectivity index (χ1n) is 10.2. The van der Waals surface area contributed by atoms with Gasteiger partial charge in [0.2, 0.25) is 0 Å². The van der Waals surface area contributed by atoms with Crippen molar-refractivity contribution in [3.8, 4) is 0 Å². The predicted molar refractivity (Wildman–Crippen MR) is 126 cm³/mol. The van der Waals surface area contributed by atoms with Crippen molar-refractivity contribution in [3.05, 3.63) is 77.9 Å². The number of aromatic nitrogens is 2. The van der Waals surface area contributed by atoms with Gasteiger partial charge >= 0.3 is 5.82 Å². The van der Waals surface area contributed by atoms with E-state index in [1.807, 2.05) is 62.4 Å². The Morgan fingerprint density at radius 1 is 0.833 bits per heavy atom. The first-order valence-corrected chi connectivity index (χ1v) is 10.2. The summed E-state index contributed by atoms with van der Waals surface area (Å²) in [5.74, 6) is 1.04. The Balaban J connectivity index is 1.78. The summed E-state index contributed by atoms with van der Waals surface area (Å²) >= 11 is 0. The van der Waals surface area contributed by atoms with E-state index in [2.05, 4.69) is 75.5 Å². The molecule has 0 radical (unpaired) electrons. The van der Waals surface area contributed by atoms with Gasteiger partial charge in [-0.3, -0.25) is 0 Å². The van der Waals surface area contributed by atoms with Crippen molar-refractivity contribution in [2.45, 2.75) is 19.8 Å². The van der Waals surface area contributed by atoms with Gasteiger partial charge in [-0.05, 0) is 41.8 Å². The molecule has 6 nitrogen and oxygen atoms in total. The van der Waals surface area contributed by atoms with Crippen LogP contribution in [0.15, 0.2) is 71.1 Å². The summed E-state index contributed by atoms with van der Waals surface area (Å²) in [6.45, 7) is 2.16. The summed E-state index contributed by atoms with van der Waals surface area (Å²) in [5.41, 5.74) is 4.47. The highest BCUT2D eigenvalue weighted by Gasteiger charge is 2.15. The maximum Gasteiger partial charge on any atom is 0.307 e. The van der Waals surface area contributed by atoms with E-state index in [1.54, 1.807) is 0 Å². The number of hydrogen-bond acceptors (Lipinski definition) is 4. The van der Waals surface area contributed by atoms with Crippen LogP contribution in [-0.4, -0.2) is 45.3 Å². The maximum atomic E-state index is 4.65. The lowest BCUT2D eigenvalue weighted by molar-refractivity contribution is -0.685. The van der Waals surface area contributed by atoms with E-state index >= 15 is 0 Å².